The van der Waals surface area contributed by atoms with Gasteiger partial charge in [0, 0.05) is 23.2 Å². The van der Waals surface area contributed by atoms with Crippen LogP contribution in [0.15, 0.2) is 18.3 Å². The van der Waals surface area contributed by atoms with E-state index in [1.165, 1.54) is 12.3 Å². The Morgan fingerprint density at radius 2 is 2.16 bits per heavy atom. The van der Waals surface area contributed by atoms with Crippen LogP contribution in [0, 0.1) is 0 Å². The first kappa shape index (κ1) is 15.2. The second kappa shape index (κ2) is 6.38. The fraction of sp³-hybridized carbons (Fsp3) is 0.417. The van der Waals surface area contributed by atoms with Crippen LogP contribution >= 0.6 is 11.6 Å². The van der Waals surface area contributed by atoms with E-state index in [2.05, 4.69) is 15.6 Å². The van der Waals surface area contributed by atoms with Crippen molar-refractivity contribution in [2.45, 2.75) is 32.2 Å². The molecule has 0 saturated carbocycles. The third kappa shape index (κ3) is 6.05. The first-order valence-electron chi connectivity index (χ1n) is 5.71. The number of nitrogens with one attached hydrogen (secondary N) is 2. The molecular weight excluding hydrogens is 270 g/mol. The lowest BCUT2D eigenvalue weighted by Gasteiger charge is -2.25. The van der Waals surface area contributed by atoms with Gasteiger partial charge in [-0.05, 0) is 32.4 Å². The Morgan fingerprint density at radius 3 is 2.74 bits per heavy atom. The Morgan fingerprint density at radius 1 is 1.47 bits per heavy atom. The lowest BCUT2D eigenvalue weighted by Crippen LogP contribution is -2.45. The average molecular weight is 286 g/mol. The standard InChI is InChI=1S/C12H16ClN3O3/c1-12(2,5-3-10(17)18)16-11(19)15-9-7-8(13)4-6-14-9/h4,6-7H,3,5H2,1-2H3,(H,17,18)(H2,14,15,16,19). The molecule has 104 valence electrons. The van der Waals surface area contributed by atoms with Gasteiger partial charge in [-0.15, -0.1) is 0 Å². The summed E-state index contributed by atoms with van der Waals surface area (Å²) < 4.78 is 0. The first-order chi connectivity index (χ1) is 8.78. The van der Waals surface area contributed by atoms with Gasteiger partial charge in [0.05, 0.1) is 0 Å². The number of hydrogen-bond acceptors (Lipinski definition) is 3. The van der Waals surface area contributed by atoms with Crippen molar-refractivity contribution >= 4 is 29.4 Å². The third-order valence-corrected chi connectivity index (χ3v) is 2.61. The van der Waals surface area contributed by atoms with Crippen LogP contribution in [0.4, 0.5) is 10.6 Å². The van der Waals surface area contributed by atoms with Crippen molar-refractivity contribution in [2.24, 2.45) is 0 Å². The van der Waals surface area contributed by atoms with Gasteiger partial charge in [0.25, 0.3) is 0 Å². The number of nitrogens with zero attached hydrogens (tertiary/aromatic N) is 1. The Hall–Kier alpha value is -1.82. The maximum absolute atomic E-state index is 11.7. The number of carboxylic acids is 1. The molecule has 0 aliphatic carbocycles. The number of anilines is 1. The molecule has 1 rings (SSSR count). The van der Waals surface area contributed by atoms with Gasteiger partial charge in [0.2, 0.25) is 0 Å². The van der Waals surface area contributed by atoms with Crippen molar-refractivity contribution in [3.05, 3.63) is 23.4 Å². The number of amides is 2. The van der Waals surface area contributed by atoms with Crippen LogP contribution < -0.4 is 10.6 Å². The van der Waals surface area contributed by atoms with Crippen LogP contribution in [0.2, 0.25) is 5.02 Å². The Labute approximate surface area is 116 Å². The number of carbonyl (C=O) groups is 2. The number of hydrogen-bond donors (Lipinski definition) is 3. The molecule has 0 atom stereocenters. The van der Waals surface area contributed by atoms with E-state index in [1.54, 1.807) is 19.9 Å². The number of carbonyl (C=O) groups excluding carboxylic acids is 1. The minimum Gasteiger partial charge on any atom is -0.481 e. The van der Waals surface area contributed by atoms with Gasteiger partial charge in [0.1, 0.15) is 5.82 Å². The zero-order valence-electron chi connectivity index (χ0n) is 10.7. The number of urea groups is 1. The van der Waals surface area contributed by atoms with E-state index in [9.17, 15) is 9.59 Å². The molecular formula is C12H16ClN3O3. The molecule has 6 nitrogen and oxygen atoms in total. The van der Waals surface area contributed by atoms with Gasteiger partial charge in [-0.1, -0.05) is 11.6 Å². The minimum atomic E-state index is -0.896. The van der Waals surface area contributed by atoms with Gasteiger partial charge in [-0.3, -0.25) is 10.1 Å². The quantitative estimate of drug-likeness (QED) is 0.775. The molecule has 7 heteroatoms. The predicted molar refractivity (Wildman–Crippen MR) is 72.4 cm³/mol. The van der Waals surface area contributed by atoms with Crippen LogP contribution in [0.25, 0.3) is 0 Å². The van der Waals surface area contributed by atoms with Gasteiger partial charge in [0.15, 0.2) is 0 Å². The van der Waals surface area contributed by atoms with Crippen LogP contribution in [0.5, 0.6) is 0 Å². The first-order valence-corrected chi connectivity index (χ1v) is 6.09. The molecule has 0 fully saturated rings. The van der Waals surface area contributed by atoms with Crippen LogP contribution in [-0.2, 0) is 4.79 Å². The van der Waals surface area contributed by atoms with Gasteiger partial charge in [-0.25, -0.2) is 9.78 Å². The van der Waals surface area contributed by atoms with Gasteiger partial charge in [-0.2, -0.15) is 0 Å². The summed E-state index contributed by atoms with van der Waals surface area (Å²) in [6.45, 7) is 3.50. The summed E-state index contributed by atoms with van der Waals surface area (Å²) in [6, 6.07) is 2.66. The summed E-state index contributed by atoms with van der Waals surface area (Å²) in [4.78, 5) is 26.2. The Kier molecular flexibility index (Phi) is 5.11. The summed E-state index contributed by atoms with van der Waals surface area (Å²) in [5.74, 6) is -0.564. The molecule has 2 amide bonds. The van der Waals surface area contributed by atoms with E-state index in [0.717, 1.165) is 0 Å². The molecule has 1 heterocycles. The fourth-order valence-electron chi connectivity index (χ4n) is 1.41. The predicted octanol–water partition coefficient (Wildman–Crippen LogP) is 2.50. The van der Waals surface area contributed by atoms with Crippen molar-refractivity contribution < 1.29 is 14.7 Å². The van der Waals surface area contributed by atoms with E-state index < -0.39 is 17.5 Å². The normalized spacial score (nSPS) is 10.9. The van der Waals surface area contributed by atoms with Crippen molar-refractivity contribution in [2.75, 3.05) is 5.32 Å². The highest BCUT2D eigenvalue weighted by Gasteiger charge is 2.21. The molecule has 1 aromatic rings. The van der Waals surface area contributed by atoms with E-state index in [0.29, 0.717) is 17.3 Å². The number of aliphatic carboxylic acids is 1. The molecule has 0 aliphatic heterocycles. The maximum Gasteiger partial charge on any atom is 0.320 e. The van der Waals surface area contributed by atoms with Crippen LogP contribution in [0.1, 0.15) is 26.7 Å². The van der Waals surface area contributed by atoms with Crippen molar-refractivity contribution in [1.82, 2.24) is 10.3 Å². The van der Waals surface area contributed by atoms with Crippen LogP contribution in [0.3, 0.4) is 0 Å². The van der Waals surface area contributed by atoms with Crippen LogP contribution in [-0.4, -0.2) is 27.6 Å². The smallest absolute Gasteiger partial charge is 0.320 e. The molecule has 0 unspecified atom stereocenters. The molecule has 0 bridgehead atoms. The zero-order valence-corrected chi connectivity index (χ0v) is 11.5. The summed E-state index contributed by atoms with van der Waals surface area (Å²) in [5, 5.41) is 14.3. The molecule has 1 aromatic heterocycles. The van der Waals surface area contributed by atoms with Crippen molar-refractivity contribution in [3.8, 4) is 0 Å². The molecule has 0 radical (unpaired) electrons. The third-order valence-electron chi connectivity index (χ3n) is 2.38. The maximum atomic E-state index is 11.7. The summed E-state index contributed by atoms with van der Waals surface area (Å²) in [7, 11) is 0. The second-order valence-corrected chi connectivity index (χ2v) is 5.15. The highest BCUT2D eigenvalue weighted by atomic mass is 35.5. The molecule has 19 heavy (non-hydrogen) atoms. The van der Waals surface area contributed by atoms with E-state index in [4.69, 9.17) is 16.7 Å². The van der Waals surface area contributed by atoms with Gasteiger partial charge < -0.3 is 10.4 Å². The lowest BCUT2D eigenvalue weighted by molar-refractivity contribution is -0.137. The van der Waals surface area contributed by atoms with E-state index in [1.807, 2.05) is 0 Å². The SMILES string of the molecule is CC(C)(CCC(=O)O)NC(=O)Nc1cc(Cl)ccn1. The number of rotatable bonds is 5. The topological polar surface area (TPSA) is 91.3 Å². The molecule has 0 aromatic carbocycles. The highest BCUT2D eigenvalue weighted by Crippen LogP contribution is 2.14. The second-order valence-electron chi connectivity index (χ2n) is 4.72. The fourth-order valence-corrected chi connectivity index (χ4v) is 1.57. The van der Waals surface area contributed by atoms with E-state index in [-0.39, 0.29) is 6.42 Å². The Bertz CT molecular complexity index is 477. The van der Waals surface area contributed by atoms with E-state index >= 15 is 0 Å². The highest BCUT2D eigenvalue weighted by molar-refractivity contribution is 6.30. The largest absolute Gasteiger partial charge is 0.481 e. The number of halogens is 1. The van der Waals surface area contributed by atoms with Crippen molar-refractivity contribution in [1.29, 1.82) is 0 Å². The summed E-state index contributed by atoms with van der Waals surface area (Å²) in [6.07, 6.45) is 1.80. The number of aromatic nitrogens is 1. The minimum absolute atomic E-state index is 0.0112. The molecule has 0 spiro atoms. The monoisotopic (exact) mass is 285 g/mol. The lowest BCUT2D eigenvalue weighted by atomic mass is 9.99. The van der Waals surface area contributed by atoms with Crippen molar-refractivity contribution in [3.63, 3.8) is 0 Å². The molecule has 0 saturated heterocycles. The van der Waals surface area contributed by atoms with Gasteiger partial charge >= 0.3 is 12.0 Å². The molecule has 3 N–H and O–H groups in total. The summed E-state index contributed by atoms with van der Waals surface area (Å²) >= 11 is 5.77. The number of pyridine rings is 1. The Balaban J connectivity index is 2.52. The zero-order chi connectivity index (χ0) is 14.5. The molecule has 0 aliphatic rings. The number of carboxylic acid groups (broad SMARTS) is 1. The average Bonchev–Trinajstić information content (AvgIpc) is 2.25. The summed E-state index contributed by atoms with van der Waals surface area (Å²) in [5.41, 5.74) is -0.624.